The molecular weight excluding hydrogens is 502 g/mol. The fourth-order valence-corrected chi connectivity index (χ4v) is 5.27. The molecule has 0 atom stereocenters. The first-order valence-corrected chi connectivity index (χ1v) is 14.2. The van der Waals surface area contributed by atoms with E-state index < -0.39 is 21.0 Å². The minimum atomic E-state index is -4.57. The highest BCUT2D eigenvalue weighted by Gasteiger charge is 2.27. The monoisotopic (exact) mass is 535 g/mol. The molecule has 0 saturated heterocycles. The van der Waals surface area contributed by atoms with Gasteiger partial charge in [-0.3, -0.25) is 9.59 Å². The van der Waals surface area contributed by atoms with Gasteiger partial charge in [-0.1, -0.05) is 58.4 Å². The van der Waals surface area contributed by atoms with Crippen molar-refractivity contribution in [2.45, 2.75) is 58.8 Å². The molecule has 0 fully saturated rings. The van der Waals surface area contributed by atoms with Crippen LogP contribution in [0.2, 0.25) is 0 Å². The summed E-state index contributed by atoms with van der Waals surface area (Å²) in [6.45, 7) is 8.38. The maximum absolute atomic E-state index is 12.9. The molecule has 1 aliphatic heterocycles. The number of carbonyl (C=O) groups is 2. The second-order valence-electron chi connectivity index (χ2n) is 10.5. The van der Waals surface area contributed by atoms with Gasteiger partial charge in [0, 0.05) is 11.1 Å². The Kier molecular flexibility index (Phi) is 7.92. The van der Waals surface area contributed by atoms with E-state index >= 15 is 0 Å². The van der Waals surface area contributed by atoms with Crippen LogP contribution in [0, 0.1) is 0 Å². The van der Waals surface area contributed by atoms with Gasteiger partial charge in [-0.15, -0.1) is 0 Å². The normalized spacial score (nSPS) is 12.8. The van der Waals surface area contributed by atoms with Crippen molar-refractivity contribution < 1.29 is 27.5 Å². The first kappa shape index (κ1) is 27.4. The Hall–Kier alpha value is -3.65. The Bertz CT molecular complexity index is 1450. The summed E-state index contributed by atoms with van der Waals surface area (Å²) in [5.74, 6) is 0.626. The van der Waals surface area contributed by atoms with Gasteiger partial charge >= 0.3 is 10.0 Å². The maximum atomic E-state index is 12.9. The zero-order valence-corrected chi connectivity index (χ0v) is 23.0. The van der Waals surface area contributed by atoms with Crippen LogP contribution in [0.1, 0.15) is 77.1 Å². The molecule has 3 aromatic carbocycles. The van der Waals surface area contributed by atoms with E-state index in [0.717, 1.165) is 53.0 Å². The molecule has 0 aromatic heterocycles. The lowest BCUT2D eigenvalue weighted by Crippen LogP contribution is -2.36. The van der Waals surface area contributed by atoms with Gasteiger partial charge in [-0.2, -0.15) is 8.42 Å². The molecule has 1 heterocycles. The second-order valence-corrected chi connectivity index (χ2v) is 12.1. The number of carbonyl (C=O) groups excluding carboxylic acids is 2. The summed E-state index contributed by atoms with van der Waals surface area (Å²) in [7, 11) is -4.57. The number of benzene rings is 3. The summed E-state index contributed by atoms with van der Waals surface area (Å²) in [6, 6.07) is 17.5. The molecule has 200 valence electrons. The Morgan fingerprint density at radius 1 is 0.816 bits per heavy atom. The van der Waals surface area contributed by atoms with Gasteiger partial charge in [-0.05, 0) is 83.3 Å². The topological polar surface area (TPSA) is 98.8 Å². The van der Waals surface area contributed by atoms with E-state index in [-0.39, 0.29) is 23.3 Å². The quantitative estimate of drug-likeness (QED) is 0.438. The maximum Gasteiger partial charge on any atom is 0.303 e. The summed E-state index contributed by atoms with van der Waals surface area (Å²) in [5, 5.41) is -1.13. The van der Waals surface area contributed by atoms with E-state index in [9.17, 15) is 18.0 Å². The highest BCUT2D eigenvalue weighted by Crippen LogP contribution is 2.33. The third-order valence-electron chi connectivity index (χ3n) is 6.57. The number of nitrogens with one attached hydrogen (secondary N) is 1. The molecule has 0 bridgehead atoms. The van der Waals surface area contributed by atoms with Crippen molar-refractivity contribution in [2.75, 3.05) is 6.79 Å². The van der Waals surface area contributed by atoms with Crippen molar-refractivity contribution in [2.24, 2.45) is 0 Å². The largest absolute Gasteiger partial charge is 0.454 e. The highest BCUT2D eigenvalue weighted by atomic mass is 32.2. The minimum Gasteiger partial charge on any atom is -0.454 e. The zero-order valence-electron chi connectivity index (χ0n) is 22.2. The summed E-state index contributed by atoms with van der Waals surface area (Å²) in [4.78, 5) is 25.6. The minimum absolute atomic E-state index is 0.0312. The fraction of sp³-hybridized carbons (Fsp3) is 0.333. The average molecular weight is 536 g/mol. The van der Waals surface area contributed by atoms with E-state index in [1.807, 2.05) is 50.6 Å². The Balaban J connectivity index is 1.47. The molecule has 0 aliphatic carbocycles. The third kappa shape index (κ3) is 6.25. The van der Waals surface area contributed by atoms with E-state index in [4.69, 9.17) is 9.47 Å². The second kappa shape index (κ2) is 11.0. The van der Waals surface area contributed by atoms with Crippen LogP contribution in [-0.2, 0) is 34.7 Å². The molecular formula is C30H33NO6S. The van der Waals surface area contributed by atoms with E-state index in [0.29, 0.717) is 6.42 Å². The lowest BCUT2D eigenvalue weighted by Gasteiger charge is -2.19. The van der Waals surface area contributed by atoms with Crippen LogP contribution in [-0.4, -0.2) is 26.2 Å². The van der Waals surface area contributed by atoms with Gasteiger partial charge in [0.25, 0.3) is 11.0 Å². The van der Waals surface area contributed by atoms with Crippen molar-refractivity contribution in [3.8, 4) is 11.5 Å². The zero-order chi connectivity index (χ0) is 27.5. The fourth-order valence-electron chi connectivity index (χ4n) is 4.38. The van der Waals surface area contributed by atoms with Crippen LogP contribution in [0.3, 0.4) is 0 Å². The molecule has 7 nitrogen and oxygen atoms in total. The number of fused-ring (bicyclic) bond motifs is 1. The van der Waals surface area contributed by atoms with Gasteiger partial charge in [0.2, 0.25) is 6.79 Å². The van der Waals surface area contributed by atoms with E-state index in [1.54, 1.807) is 36.4 Å². The molecule has 8 heteroatoms. The number of sulfonamides is 1. The number of aryl methyl sites for hydroxylation is 3. The molecule has 0 saturated carbocycles. The standard InChI is InChI=1S/C30H33NO6S/c1-5-6-23-18-24(11-10-21(23)9-7-20-8-16-26-27(17-20)37-19-36-26)29(33)38(34,35)31-28(32)22-12-14-25(15-13-22)30(2,3)4/h8,10-18H,5-7,9,19H2,1-4H3,(H,31,32). The molecule has 0 spiro atoms. The van der Waals surface area contributed by atoms with Gasteiger partial charge in [0.15, 0.2) is 11.5 Å². The molecule has 38 heavy (non-hydrogen) atoms. The smallest absolute Gasteiger partial charge is 0.303 e. The first-order chi connectivity index (χ1) is 18.0. The summed E-state index contributed by atoms with van der Waals surface area (Å²) in [5.41, 5.74) is 4.15. The van der Waals surface area contributed by atoms with Gasteiger partial charge in [0.05, 0.1) is 0 Å². The number of amides is 1. The van der Waals surface area contributed by atoms with Crippen molar-refractivity contribution in [3.63, 3.8) is 0 Å². The van der Waals surface area contributed by atoms with Crippen LogP contribution in [0.15, 0.2) is 60.7 Å². The van der Waals surface area contributed by atoms with Gasteiger partial charge in [-0.25, -0.2) is 4.72 Å². The van der Waals surface area contributed by atoms with Gasteiger partial charge in [0.1, 0.15) is 0 Å². The number of rotatable bonds is 7. The number of hydrogen-bond donors (Lipinski definition) is 1. The molecule has 4 rings (SSSR count). The summed E-state index contributed by atoms with van der Waals surface area (Å²) < 4.78 is 38.3. The van der Waals surface area contributed by atoms with Crippen molar-refractivity contribution in [3.05, 3.63) is 94.0 Å². The summed E-state index contributed by atoms with van der Waals surface area (Å²) in [6.07, 6.45) is 3.01. The van der Waals surface area contributed by atoms with Crippen LogP contribution < -0.4 is 14.2 Å². The Morgan fingerprint density at radius 3 is 2.18 bits per heavy atom. The molecule has 1 aliphatic rings. The van der Waals surface area contributed by atoms with E-state index in [2.05, 4.69) is 0 Å². The lowest BCUT2D eigenvalue weighted by molar-refractivity contribution is 0.0971. The lowest BCUT2D eigenvalue weighted by atomic mass is 9.87. The molecule has 1 amide bonds. The number of hydrogen-bond acceptors (Lipinski definition) is 6. The third-order valence-corrected chi connectivity index (χ3v) is 7.74. The number of ether oxygens (including phenoxy) is 2. The highest BCUT2D eigenvalue weighted by molar-refractivity contribution is 8.05. The Morgan fingerprint density at radius 2 is 1.50 bits per heavy atom. The van der Waals surface area contributed by atoms with Crippen LogP contribution in [0.25, 0.3) is 0 Å². The molecule has 0 radical (unpaired) electrons. The molecule has 0 unspecified atom stereocenters. The predicted octanol–water partition coefficient (Wildman–Crippen LogP) is 5.35. The van der Waals surface area contributed by atoms with Crippen LogP contribution >= 0.6 is 0 Å². The van der Waals surface area contributed by atoms with Crippen LogP contribution in [0.4, 0.5) is 0 Å². The first-order valence-electron chi connectivity index (χ1n) is 12.7. The molecule has 3 aromatic rings. The van der Waals surface area contributed by atoms with Crippen LogP contribution in [0.5, 0.6) is 11.5 Å². The summed E-state index contributed by atoms with van der Waals surface area (Å²) >= 11 is 0. The molecule has 1 N–H and O–H groups in total. The van der Waals surface area contributed by atoms with Gasteiger partial charge < -0.3 is 9.47 Å². The van der Waals surface area contributed by atoms with Crippen molar-refractivity contribution in [1.29, 1.82) is 0 Å². The Labute approximate surface area is 224 Å². The van der Waals surface area contributed by atoms with E-state index in [1.165, 1.54) is 6.07 Å². The van der Waals surface area contributed by atoms with Crippen molar-refractivity contribution >= 4 is 21.0 Å². The average Bonchev–Trinajstić information content (AvgIpc) is 3.35. The van der Waals surface area contributed by atoms with Crippen molar-refractivity contribution in [1.82, 2.24) is 4.72 Å². The predicted molar refractivity (Wildman–Crippen MR) is 146 cm³/mol. The SMILES string of the molecule is CCCc1cc(C(=O)S(=O)(=O)NC(=O)c2ccc(C(C)(C)C)cc2)ccc1CCc1ccc2c(c1)OCO2.